The number of aromatic carboxylic acids is 1. The first kappa shape index (κ1) is 14.7. The van der Waals surface area contributed by atoms with Crippen LogP contribution in [0.1, 0.15) is 22.8 Å². The van der Waals surface area contributed by atoms with Crippen LogP contribution in [0.4, 0.5) is 11.4 Å². The van der Waals surface area contributed by atoms with Gasteiger partial charge < -0.3 is 10.0 Å². The molecule has 0 aliphatic rings. The van der Waals surface area contributed by atoms with E-state index in [9.17, 15) is 14.9 Å². The number of likely N-dealkylation sites (N-methyl/N-ethyl adjacent to an activating group) is 1. The van der Waals surface area contributed by atoms with Crippen molar-refractivity contribution in [1.82, 2.24) is 0 Å². The molecule has 0 unspecified atom stereocenters. The third kappa shape index (κ3) is 3.31. The molecule has 0 aliphatic carbocycles. The van der Waals surface area contributed by atoms with E-state index in [2.05, 4.69) is 6.58 Å². The topological polar surface area (TPSA) is 83.7 Å². The molecular formula is C13H16N2O4. The summed E-state index contributed by atoms with van der Waals surface area (Å²) in [6, 6.07) is 2.52. The Kier molecular flexibility index (Phi) is 4.26. The van der Waals surface area contributed by atoms with Crippen LogP contribution in [0.5, 0.6) is 0 Å². The Morgan fingerprint density at radius 2 is 2.11 bits per heavy atom. The van der Waals surface area contributed by atoms with Crippen LogP contribution >= 0.6 is 0 Å². The van der Waals surface area contributed by atoms with Gasteiger partial charge in [-0.15, -0.1) is 0 Å². The third-order valence-corrected chi connectivity index (χ3v) is 2.71. The maximum absolute atomic E-state index is 11.0. The molecule has 1 aromatic carbocycles. The van der Waals surface area contributed by atoms with Crippen LogP contribution < -0.4 is 4.90 Å². The average Bonchev–Trinajstić information content (AvgIpc) is 2.27. The van der Waals surface area contributed by atoms with E-state index in [1.54, 1.807) is 18.9 Å². The number of nitro groups is 1. The predicted molar refractivity (Wildman–Crippen MR) is 72.9 cm³/mol. The zero-order valence-electron chi connectivity index (χ0n) is 11.1. The van der Waals surface area contributed by atoms with Crippen LogP contribution in [0.2, 0.25) is 0 Å². The number of anilines is 1. The second kappa shape index (κ2) is 5.51. The van der Waals surface area contributed by atoms with Gasteiger partial charge in [-0.2, -0.15) is 0 Å². The summed E-state index contributed by atoms with van der Waals surface area (Å²) in [7, 11) is 1.74. The summed E-state index contributed by atoms with van der Waals surface area (Å²) in [5.74, 6) is -1.19. The Morgan fingerprint density at radius 3 is 2.53 bits per heavy atom. The highest BCUT2D eigenvalue weighted by molar-refractivity contribution is 5.90. The summed E-state index contributed by atoms with van der Waals surface area (Å²) in [5, 5.41) is 20.0. The Balaban J connectivity index is 3.40. The largest absolute Gasteiger partial charge is 0.478 e. The van der Waals surface area contributed by atoms with Gasteiger partial charge in [0.2, 0.25) is 0 Å². The van der Waals surface area contributed by atoms with E-state index in [4.69, 9.17) is 5.11 Å². The molecule has 0 spiro atoms. The first-order chi connectivity index (χ1) is 8.73. The molecule has 0 bridgehead atoms. The summed E-state index contributed by atoms with van der Waals surface area (Å²) in [6.45, 7) is 7.71. The van der Waals surface area contributed by atoms with Gasteiger partial charge in [0.1, 0.15) is 0 Å². The van der Waals surface area contributed by atoms with Crippen molar-refractivity contribution in [2.45, 2.75) is 13.8 Å². The molecule has 1 aromatic rings. The van der Waals surface area contributed by atoms with Gasteiger partial charge in [-0.05, 0) is 19.9 Å². The van der Waals surface area contributed by atoms with Crippen molar-refractivity contribution in [3.05, 3.63) is 45.5 Å². The van der Waals surface area contributed by atoms with Crippen LogP contribution in [0.25, 0.3) is 0 Å². The van der Waals surface area contributed by atoms with Crippen LogP contribution in [-0.2, 0) is 0 Å². The van der Waals surface area contributed by atoms with E-state index in [1.165, 1.54) is 6.07 Å². The highest BCUT2D eigenvalue weighted by Gasteiger charge is 2.20. The lowest BCUT2D eigenvalue weighted by Crippen LogP contribution is -2.21. The molecule has 0 saturated carbocycles. The molecule has 0 aromatic heterocycles. The summed E-state index contributed by atoms with van der Waals surface area (Å²) in [4.78, 5) is 23.2. The fraction of sp³-hybridized carbons (Fsp3) is 0.308. The minimum absolute atomic E-state index is 0.0964. The Hall–Kier alpha value is -2.37. The highest BCUT2D eigenvalue weighted by Crippen LogP contribution is 2.30. The average molecular weight is 264 g/mol. The lowest BCUT2D eigenvalue weighted by molar-refractivity contribution is -0.385. The van der Waals surface area contributed by atoms with Crippen molar-refractivity contribution >= 4 is 17.3 Å². The first-order valence-corrected chi connectivity index (χ1v) is 5.62. The lowest BCUT2D eigenvalue weighted by atomic mass is 10.1. The molecule has 0 atom stereocenters. The van der Waals surface area contributed by atoms with Gasteiger partial charge in [0, 0.05) is 25.3 Å². The SMILES string of the molecule is C=C(C)CN(C)c1cc(C(=O)O)cc([N+](=O)[O-])c1C. The summed E-state index contributed by atoms with van der Waals surface area (Å²) in [5.41, 5.74) is 1.56. The number of carbonyl (C=O) groups is 1. The van der Waals surface area contributed by atoms with Gasteiger partial charge in [0.15, 0.2) is 0 Å². The quantitative estimate of drug-likeness (QED) is 0.502. The summed E-state index contributed by atoms with van der Waals surface area (Å²) >= 11 is 0. The van der Waals surface area contributed by atoms with Crippen LogP contribution in [-0.4, -0.2) is 29.6 Å². The molecule has 19 heavy (non-hydrogen) atoms. The number of nitrogens with zero attached hydrogens (tertiary/aromatic N) is 2. The minimum Gasteiger partial charge on any atom is -0.478 e. The van der Waals surface area contributed by atoms with Crippen molar-refractivity contribution in [2.24, 2.45) is 0 Å². The van der Waals surface area contributed by atoms with Crippen molar-refractivity contribution in [3.8, 4) is 0 Å². The maximum Gasteiger partial charge on any atom is 0.336 e. The number of carboxylic acids is 1. The van der Waals surface area contributed by atoms with Gasteiger partial charge in [-0.25, -0.2) is 4.79 Å². The molecular weight excluding hydrogens is 248 g/mol. The first-order valence-electron chi connectivity index (χ1n) is 5.62. The number of hydrogen-bond donors (Lipinski definition) is 1. The molecule has 102 valence electrons. The molecule has 0 amide bonds. The van der Waals surface area contributed by atoms with Crippen molar-refractivity contribution in [2.75, 3.05) is 18.5 Å². The molecule has 6 nitrogen and oxygen atoms in total. The molecule has 1 rings (SSSR count). The van der Waals surface area contributed by atoms with E-state index in [-0.39, 0.29) is 11.3 Å². The third-order valence-electron chi connectivity index (χ3n) is 2.71. The Morgan fingerprint density at radius 1 is 1.53 bits per heavy atom. The smallest absolute Gasteiger partial charge is 0.336 e. The van der Waals surface area contributed by atoms with E-state index >= 15 is 0 Å². The van der Waals surface area contributed by atoms with Gasteiger partial charge in [0.25, 0.3) is 5.69 Å². The fourth-order valence-corrected chi connectivity index (χ4v) is 1.88. The van der Waals surface area contributed by atoms with E-state index < -0.39 is 10.9 Å². The minimum atomic E-state index is -1.19. The van der Waals surface area contributed by atoms with E-state index in [1.807, 2.05) is 6.92 Å². The van der Waals surface area contributed by atoms with Crippen LogP contribution in [0.15, 0.2) is 24.3 Å². The van der Waals surface area contributed by atoms with Crippen molar-refractivity contribution in [1.29, 1.82) is 0 Å². The molecule has 0 saturated heterocycles. The Labute approximate surface area is 111 Å². The summed E-state index contributed by atoms with van der Waals surface area (Å²) in [6.07, 6.45) is 0. The fourth-order valence-electron chi connectivity index (χ4n) is 1.88. The zero-order valence-corrected chi connectivity index (χ0v) is 11.1. The van der Waals surface area contributed by atoms with Gasteiger partial charge in [-0.3, -0.25) is 10.1 Å². The van der Waals surface area contributed by atoms with Gasteiger partial charge in [-0.1, -0.05) is 12.2 Å². The normalized spacial score (nSPS) is 10.1. The zero-order chi connectivity index (χ0) is 14.7. The Bertz CT molecular complexity index is 552. The number of rotatable bonds is 5. The molecule has 0 aliphatic heterocycles. The maximum atomic E-state index is 11.0. The van der Waals surface area contributed by atoms with E-state index in [0.717, 1.165) is 11.6 Å². The highest BCUT2D eigenvalue weighted by atomic mass is 16.6. The molecule has 6 heteroatoms. The second-order valence-corrected chi connectivity index (χ2v) is 4.51. The molecule has 0 heterocycles. The monoisotopic (exact) mass is 264 g/mol. The van der Waals surface area contributed by atoms with Crippen molar-refractivity contribution in [3.63, 3.8) is 0 Å². The molecule has 1 N–H and O–H groups in total. The van der Waals surface area contributed by atoms with Gasteiger partial charge in [0.05, 0.1) is 16.1 Å². The van der Waals surface area contributed by atoms with E-state index in [0.29, 0.717) is 17.8 Å². The predicted octanol–water partition coefficient (Wildman–Crippen LogP) is 2.61. The van der Waals surface area contributed by atoms with Crippen LogP contribution in [0, 0.1) is 17.0 Å². The molecule has 0 radical (unpaired) electrons. The number of hydrogen-bond acceptors (Lipinski definition) is 4. The van der Waals surface area contributed by atoms with Crippen LogP contribution in [0.3, 0.4) is 0 Å². The summed E-state index contributed by atoms with van der Waals surface area (Å²) < 4.78 is 0. The van der Waals surface area contributed by atoms with Crippen molar-refractivity contribution < 1.29 is 14.8 Å². The second-order valence-electron chi connectivity index (χ2n) is 4.51. The lowest BCUT2D eigenvalue weighted by Gasteiger charge is -2.21. The molecule has 0 fully saturated rings. The standard InChI is InChI=1S/C13H16N2O4/c1-8(2)7-14(4)11-5-10(13(16)17)6-12(9(11)3)15(18)19/h5-6H,1,7H2,2-4H3,(H,16,17). The number of benzene rings is 1. The van der Waals surface area contributed by atoms with Gasteiger partial charge >= 0.3 is 5.97 Å². The number of nitro benzene ring substituents is 1. The number of carboxylic acid groups (broad SMARTS) is 1.